The quantitative estimate of drug-likeness (QED) is 0.664. The highest BCUT2D eigenvalue weighted by atomic mass is 35.5. The van der Waals surface area contributed by atoms with Crippen molar-refractivity contribution in [2.75, 3.05) is 19.5 Å². The van der Waals surface area contributed by atoms with Gasteiger partial charge in [-0.2, -0.15) is 5.10 Å². The van der Waals surface area contributed by atoms with Gasteiger partial charge in [-0.1, -0.05) is 11.6 Å². The van der Waals surface area contributed by atoms with Crippen molar-refractivity contribution in [1.82, 2.24) is 9.78 Å². The van der Waals surface area contributed by atoms with Crippen LogP contribution in [-0.4, -0.2) is 29.9 Å². The molecule has 0 radical (unpaired) electrons. The molecule has 0 bridgehead atoms. The zero-order valence-corrected chi connectivity index (χ0v) is 17.5. The van der Waals surface area contributed by atoms with Crippen molar-refractivity contribution in [3.05, 3.63) is 46.0 Å². The highest BCUT2D eigenvalue weighted by Crippen LogP contribution is 2.40. The first kappa shape index (κ1) is 19.4. The van der Waals surface area contributed by atoms with Gasteiger partial charge in [0.05, 0.1) is 30.6 Å². The molecule has 2 aromatic heterocycles. The smallest absolute Gasteiger partial charge is 0.291 e. The Bertz CT molecular complexity index is 1100. The standard InChI is InChI=1S/C21H22ClN3O4/c1-5-25-10-12-6-7-15-18(19(12)24-25)11(2)20(29-15)21(26)23-14-8-13(22)16(27-3)9-17(14)28-4/h8-10H,5-7H2,1-4H3,(H,23,26). The number of amides is 1. The van der Waals surface area contributed by atoms with Crippen LogP contribution in [0.4, 0.5) is 5.69 Å². The summed E-state index contributed by atoms with van der Waals surface area (Å²) in [5.41, 5.74) is 4.21. The average molecular weight is 416 g/mol. The summed E-state index contributed by atoms with van der Waals surface area (Å²) in [6.07, 6.45) is 3.65. The first-order valence-electron chi connectivity index (χ1n) is 9.38. The highest BCUT2D eigenvalue weighted by molar-refractivity contribution is 6.32. The van der Waals surface area contributed by atoms with Crippen molar-refractivity contribution in [2.45, 2.75) is 33.2 Å². The second-order valence-electron chi connectivity index (χ2n) is 6.85. The molecule has 1 aliphatic rings. The van der Waals surface area contributed by atoms with E-state index in [0.717, 1.165) is 42.0 Å². The summed E-state index contributed by atoms with van der Waals surface area (Å²) >= 11 is 6.21. The summed E-state index contributed by atoms with van der Waals surface area (Å²) in [6.45, 7) is 4.73. The first-order chi connectivity index (χ1) is 14.0. The maximum Gasteiger partial charge on any atom is 0.291 e. The van der Waals surface area contributed by atoms with Gasteiger partial charge < -0.3 is 19.2 Å². The maximum absolute atomic E-state index is 13.0. The van der Waals surface area contributed by atoms with E-state index in [1.165, 1.54) is 19.8 Å². The van der Waals surface area contributed by atoms with Gasteiger partial charge in [0.1, 0.15) is 17.3 Å². The topological polar surface area (TPSA) is 78.5 Å². The van der Waals surface area contributed by atoms with Crippen molar-refractivity contribution >= 4 is 23.2 Å². The number of carbonyl (C=O) groups excluding carboxylic acids is 1. The van der Waals surface area contributed by atoms with Crippen molar-refractivity contribution in [3.8, 4) is 22.8 Å². The molecule has 1 aliphatic carbocycles. The molecule has 0 spiro atoms. The molecule has 0 fully saturated rings. The van der Waals surface area contributed by atoms with Gasteiger partial charge in [-0.15, -0.1) is 0 Å². The molecule has 4 rings (SSSR count). The molecule has 3 aromatic rings. The van der Waals surface area contributed by atoms with E-state index in [0.29, 0.717) is 22.2 Å². The van der Waals surface area contributed by atoms with Gasteiger partial charge in [-0.3, -0.25) is 9.48 Å². The number of halogens is 1. The Morgan fingerprint density at radius 2 is 2.03 bits per heavy atom. The minimum atomic E-state index is -0.368. The summed E-state index contributed by atoms with van der Waals surface area (Å²) < 4.78 is 18.4. The van der Waals surface area contributed by atoms with Gasteiger partial charge in [0.25, 0.3) is 5.91 Å². The molecule has 0 atom stereocenters. The number of furan rings is 1. The van der Waals surface area contributed by atoms with Crippen molar-refractivity contribution < 1.29 is 18.7 Å². The third kappa shape index (κ3) is 3.25. The molecule has 0 saturated carbocycles. The minimum absolute atomic E-state index is 0.267. The van der Waals surface area contributed by atoms with Crippen LogP contribution in [0.1, 0.15) is 34.4 Å². The van der Waals surface area contributed by atoms with Gasteiger partial charge in [0, 0.05) is 36.4 Å². The number of hydrogen-bond donors (Lipinski definition) is 1. The number of aromatic nitrogens is 2. The summed E-state index contributed by atoms with van der Waals surface area (Å²) in [6, 6.07) is 3.22. The van der Waals surface area contributed by atoms with Gasteiger partial charge in [-0.25, -0.2) is 0 Å². The number of ether oxygens (including phenoxy) is 2. The fourth-order valence-electron chi connectivity index (χ4n) is 3.68. The zero-order chi connectivity index (χ0) is 20.7. The third-order valence-electron chi connectivity index (χ3n) is 5.17. The number of methoxy groups -OCH3 is 2. The second-order valence-corrected chi connectivity index (χ2v) is 7.26. The molecule has 1 amide bonds. The van der Waals surface area contributed by atoms with Gasteiger partial charge >= 0.3 is 0 Å². The predicted molar refractivity (Wildman–Crippen MR) is 110 cm³/mol. The van der Waals surface area contributed by atoms with Crippen LogP contribution in [0.25, 0.3) is 11.3 Å². The fraction of sp³-hybridized carbons (Fsp3) is 0.333. The number of aryl methyl sites for hydroxylation is 3. The summed E-state index contributed by atoms with van der Waals surface area (Å²) in [4.78, 5) is 13.0. The van der Waals surface area contributed by atoms with Gasteiger partial charge in [0.2, 0.25) is 0 Å². The lowest BCUT2D eigenvalue weighted by Gasteiger charge is -2.12. The Labute approximate surface area is 173 Å². The number of nitrogens with one attached hydrogen (secondary N) is 1. The number of rotatable bonds is 5. The molecule has 7 nitrogen and oxygen atoms in total. The van der Waals surface area contributed by atoms with Crippen molar-refractivity contribution in [3.63, 3.8) is 0 Å². The Morgan fingerprint density at radius 1 is 1.28 bits per heavy atom. The van der Waals surface area contributed by atoms with E-state index in [1.54, 1.807) is 12.1 Å². The van der Waals surface area contributed by atoms with Gasteiger partial charge in [0.15, 0.2) is 5.76 Å². The Balaban J connectivity index is 1.69. The molecule has 0 unspecified atom stereocenters. The van der Waals surface area contributed by atoms with E-state index < -0.39 is 0 Å². The van der Waals surface area contributed by atoms with E-state index in [1.807, 2.05) is 18.5 Å². The number of benzene rings is 1. The van der Waals surface area contributed by atoms with E-state index in [-0.39, 0.29) is 11.7 Å². The summed E-state index contributed by atoms with van der Waals surface area (Å²) in [7, 11) is 3.03. The molecule has 1 aromatic carbocycles. The average Bonchev–Trinajstić information content (AvgIpc) is 3.28. The lowest BCUT2D eigenvalue weighted by Crippen LogP contribution is -2.13. The van der Waals surface area contributed by atoms with Crippen LogP contribution in [0.3, 0.4) is 0 Å². The van der Waals surface area contributed by atoms with E-state index in [4.69, 9.17) is 25.5 Å². The molecule has 0 saturated heterocycles. The Morgan fingerprint density at radius 3 is 2.72 bits per heavy atom. The van der Waals surface area contributed by atoms with E-state index in [2.05, 4.69) is 16.6 Å². The number of nitrogens with zero attached hydrogens (tertiary/aromatic N) is 2. The molecular weight excluding hydrogens is 394 g/mol. The molecule has 152 valence electrons. The van der Waals surface area contributed by atoms with Crippen LogP contribution in [0, 0.1) is 6.92 Å². The van der Waals surface area contributed by atoms with Crippen LogP contribution in [0.5, 0.6) is 11.5 Å². The molecular formula is C21H22ClN3O4. The largest absolute Gasteiger partial charge is 0.495 e. The Hall–Kier alpha value is -2.93. The first-order valence-corrected chi connectivity index (χ1v) is 9.76. The number of anilines is 1. The van der Waals surface area contributed by atoms with Crippen molar-refractivity contribution in [2.24, 2.45) is 0 Å². The predicted octanol–water partition coefficient (Wildman–Crippen LogP) is 4.49. The monoisotopic (exact) mass is 415 g/mol. The molecule has 0 aliphatic heterocycles. The molecule has 8 heteroatoms. The zero-order valence-electron chi connectivity index (χ0n) is 16.8. The fourth-order valence-corrected chi connectivity index (χ4v) is 3.92. The maximum atomic E-state index is 13.0. The van der Waals surface area contributed by atoms with Crippen LogP contribution in [0.2, 0.25) is 5.02 Å². The van der Waals surface area contributed by atoms with Gasteiger partial charge in [-0.05, 0) is 31.9 Å². The van der Waals surface area contributed by atoms with Crippen LogP contribution in [-0.2, 0) is 19.4 Å². The minimum Gasteiger partial charge on any atom is -0.495 e. The number of fused-ring (bicyclic) bond motifs is 3. The molecule has 2 heterocycles. The van der Waals surface area contributed by atoms with Crippen LogP contribution >= 0.6 is 11.6 Å². The summed E-state index contributed by atoms with van der Waals surface area (Å²) in [5.74, 6) is 1.60. The molecule has 29 heavy (non-hydrogen) atoms. The lowest BCUT2D eigenvalue weighted by molar-refractivity contribution is 0.0993. The summed E-state index contributed by atoms with van der Waals surface area (Å²) in [5, 5.41) is 7.87. The SMILES string of the molecule is CCn1cc2c(n1)-c1c(oc(C(=O)Nc3cc(Cl)c(OC)cc3OC)c1C)CC2. The van der Waals surface area contributed by atoms with Crippen molar-refractivity contribution in [1.29, 1.82) is 0 Å². The van der Waals surface area contributed by atoms with Crippen LogP contribution in [0.15, 0.2) is 22.7 Å². The van der Waals surface area contributed by atoms with E-state index >= 15 is 0 Å². The third-order valence-corrected chi connectivity index (χ3v) is 5.46. The normalized spacial score (nSPS) is 12.3. The number of hydrogen-bond acceptors (Lipinski definition) is 5. The van der Waals surface area contributed by atoms with E-state index in [9.17, 15) is 4.79 Å². The second kappa shape index (κ2) is 7.48. The van der Waals surface area contributed by atoms with Crippen LogP contribution < -0.4 is 14.8 Å². The highest BCUT2D eigenvalue weighted by Gasteiger charge is 2.30. The molecule has 1 N–H and O–H groups in total. The lowest BCUT2D eigenvalue weighted by atomic mass is 9.93. The Kier molecular flexibility index (Phi) is 5.00. The number of carbonyl (C=O) groups is 1.